The fourth-order valence-corrected chi connectivity index (χ4v) is 2.47. The van der Waals surface area contributed by atoms with Crippen molar-refractivity contribution < 1.29 is 0 Å². The number of nitrogens with two attached hydrogens (primary N) is 1. The van der Waals surface area contributed by atoms with Gasteiger partial charge < -0.3 is 5.73 Å². The molecule has 0 aliphatic rings. The minimum atomic E-state index is 0.214. The van der Waals surface area contributed by atoms with Gasteiger partial charge in [0.05, 0.1) is 12.2 Å². The van der Waals surface area contributed by atoms with Gasteiger partial charge in [-0.3, -0.25) is 9.67 Å². The smallest absolute Gasteiger partial charge is 0.0677 e. The van der Waals surface area contributed by atoms with Crippen molar-refractivity contribution in [2.24, 2.45) is 5.73 Å². The highest BCUT2D eigenvalue weighted by Gasteiger charge is 2.14. The minimum Gasteiger partial charge on any atom is -0.327 e. The van der Waals surface area contributed by atoms with Crippen LogP contribution in [-0.4, -0.2) is 20.8 Å². The maximum absolute atomic E-state index is 6.08. The lowest BCUT2D eigenvalue weighted by Crippen LogP contribution is -2.22. The second-order valence-corrected chi connectivity index (χ2v) is 5.55. The van der Waals surface area contributed by atoms with Crippen molar-refractivity contribution >= 4 is 0 Å². The van der Waals surface area contributed by atoms with E-state index in [4.69, 9.17) is 5.73 Å². The van der Waals surface area contributed by atoms with E-state index in [1.165, 1.54) is 22.4 Å². The molecule has 1 atom stereocenters. The second-order valence-electron chi connectivity index (χ2n) is 5.55. The predicted molar refractivity (Wildman–Crippen MR) is 81.7 cm³/mol. The molecule has 0 bridgehead atoms. The number of aryl methyl sites for hydroxylation is 2. The van der Waals surface area contributed by atoms with E-state index in [0.29, 0.717) is 0 Å². The lowest BCUT2D eigenvalue weighted by molar-refractivity contribution is 0.635. The standard InChI is InChI=1S/C16H24N4/c1-5-15(17)7-16-12(3)19-20(13(16)4)10-14-6-11(2)8-18-9-14/h6,8-9,15H,5,7,10,17H2,1-4H3. The molecule has 2 heterocycles. The molecule has 0 fully saturated rings. The van der Waals surface area contributed by atoms with Crippen LogP contribution in [0.5, 0.6) is 0 Å². The van der Waals surface area contributed by atoms with Gasteiger partial charge in [-0.25, -0.2) is 0 Å². The van der Waals surface area contributed by atoms with Crippen LogP contribution in [0.2, 0.25) is 0 Å². The molecule has 108 valence electrons. The number of aromatic nitrogens is 3. The Hall–Kier alpha value is -1.68. The Labute approximate surface area is 121 Å². The predicted octanol–water partition coefficient (Wildman–Crippen LogP) is 2.53. The van der Waals surface area contributed by atoms with Crippen LogP contribution in [0.25, 0.3) is 0 Å². The third-order valence-corrected chi connectivity index (χ3v) is 3.79. The zero-order valence-corrected chi connectivity index (χ0v) is 12.8. The van der Waals surface area contributed by atoms with Gasteiger partial charge in [-0.1, -0.05) is 13.0 Å². The van der Waals surface area contributed by atoms with Crippen LogP contribution in [0, 0.1) is 20.8 Å². The van der Waals surface area contributed by atoms with E-state index in [9.17, 15) is 0 Å². The highest BCUT2D eigenvalue weighted by molar-refractivity contribution is 5.27. The van der Waals surface area contributed by atoms with Gasteiger partial charge in [0.1, 0.15) is 0 Å². The monoisotopic (exact) mass is 272 g/mol. The van der Waals surface area contributed by atoms with Gasteiger partial charge in [0, 0.05) is 24.1 Å². The molecule has 0 saturated carbocycles. The Kier molecular flexibility index (Phi) is 4.55. The molecule has 20 heavy (non-hydrogen) atoms. The van der Waals surface area contributed by atoms with Crippen LogP contribution in [0.4, 0.5) is 0 Å². The summed E-state index contributed by atoms with van der Waals surface area (Å²) < 4.78 is 2.06. The summed E-state index contributed by atoms with van der Waals surface area (Å²) in [6.07, 6.45) is 5.67. The number of nitrogens with zero attached hydrogens (tertiary/aromatic N) is 3. The topological polar surface area (TPSA) is 56.7 Å². The van der Waals surface area contributed by atoms with Gasteiger partial charge in [0.25, 0.3) is 0 Å². The summed E-state index contributed by atoms with van der Waals surface area (Å²) in [5, 5.41) is 4.66. The Morgan fingerprint density at radius 2 is 2.00 bits per heavy atom. The SMILES string of the molecule is CCC(N)Cc1c(C)nn(Cc2cncc(C)c2)c1C. The summed E-state index contributed by atoms with van der Waals surface area (Å²) in [4.78, 5) is 4.24. The van der Waals surface area contributed by atoms with Crippen molar-refractivity contribution in [3.63, 3.8) is 0 Å². The summed E-state index contributed by atoms with van der Waals surface area (Å²) in [5.74, 6) is 0. The molecular formula is C16H24N4. The third kappa shape index (κ3) is 3.25. The molecule has 4 heteroatoms. The largest absolute Gasteiger partial charge is 0.327 e. The summed E-state index contributed by atoms with van der Waals surface area (Å²) in [7, 11) is 0. The van der Waals surface area contributed by atoms with Crippen molar-refractivity contribution in [1.82, 2.24) is 14.8 Å². The zero-order valence-electron chi connectivity index (χ0n) is 12.8. The first-order chi connectivity index (χ1) is 9.51. The molecule has 0 aromatic carbocycles. The van der Waals surface area contributed by atoms with Gasteiger partial charge in [0.2, 0.25) is 0 Å². The average Bonchev–Trinajstić information content (AvgIpc) is 2.66. The first kappa shape index (κ1) is 14.7. The minimum absolute atomic E-state index is 0.214. The van der Waals surface area contributed by atoms with Crippen LogP contribution in [0.15, 0.2) is 18.5 Å². The Morgan fingerprint density at radius 3 is 2.65 bits per heavy atom. The molecule has 2 aromatic heterocycles. The van der Waals surface area contributed by atoms with Gasteiger partial charge in [0.15, 0.2) is 0 Å². The summed E-state index contributed by atoms with van der Waals surface area (Å²) in [6, 6.07) is 2.37. The molecule has 0 aliphatic heterocycles. The first-order valence-corrected chi connectivity index (χ1v) is 7.20. The van der Waals surface area contributed by atoms with Crippen LogP contribution in [-0.2, 0) is 13.0 Å². The highest BCUT2D eigenvalue weighted by atomic mass is 15.3. The summed E-state index contributed by atoms with van der Waals surface area (Å²) in [5.41, 5.74) is 12.0. The molecule has 0 saturated heterocycles. The molecule has 0 radical (unpaired) electrons. The van der Waals surface area contributed by atoms with Crippen LogP contribution >= 0.6 is 0 Å². The van der Waals surface area contributed by atoms with Gasteiger partial charge >= 0.3 is 0 Å². The summed E-state index contributed by atoms with van der Waals surface area (Å²) in [6.45, 7) is 9.14. The maximum atomic E-state index is 6.08. The van der Waals surface area contributed by atoms with E-state index >= 15 is 0 Å². The lowest BCUT2D eigenvalue weighted by Gasteiger charge is -2.09. The Balaban J connectivity index is 2.23. The zero-order chi connectivity index (χ0) is 14.7. The molecule has 0 aliphatic carbocycles. The van der Waals surface area contributed by atoms with E-state index in [1.807, 2.05) is 12.4 Å². The van der Waals surface area contributed by atoms with Gasteiger partial charge in [-0.2, -0.15) is 5.10 Å². The van der Waals surface area contributed by atoms with Crippen LogP contribution < -0.4 is 5.73 Å². The normalized spacial score (nSPS) is 12.7. The van der Waals surface area contributed by atoms with Crippen molar-refractivity contribution in [3.8, 4) is 0 Å². The quantitative estimate of drug-likeness (QED) is 0.910. The first-order valence-electron chi connectivity index (χ1n) is 7.20. The second kappa shape index (κ2) is 6.18. The van der Waals surface area contributed by atoms with E-state index in [-0.39, 0.29) is 6.04 Å². The Morgan fingerprint density at radius 1 is 1.25 bits per heavy atom. The fraction of sp³-hybridized carbons (Fsp3) is 0.500. The molecule has 1 unspecified atom stereocenters. The molecule has 4 nitrogen and oxygen atoms in total. The molecule has 0 spiro atoms. The number of pyridine rings is 1. The molecular weight excluding hydrogens is 248 g/mol. The van der Waals surface area contributed by atoms with Crippen LogP contribution in [0.1, 0.15) is 41.4 Å². The van der Waals surface area contributed by atoms with Crippen molar-refractivity contribution in [2.75, 3.05) is 0 Å². The van der Waals surface area contributed by atoms with Crippen molar-refractivity contribution in [1.29, 1.82) is 0 Å². The Bertz CT molecular complexity index is 586. The van der Waals surface area contributed by atoms with Crippen molar-refractivity contribution in [3.05, 3.63) is 46.5 Å². The number of hydrogen-bond acceptors (Lipinski definition) is 3. The van der Waals surface area contributed by atoms with Gasteiger partial charge in [-0.15, -0.1) is 0 Å². The third-order valence-electron chi connectivity index (χ3n) is 3.79. The van der Waals surface area contributed by atoms with Gasteiger partial charge in [-0.05, 0) is 50.3 Å². The highest BCUT2D eigenvalue weighted by Crippen LogP contribution is 2.17. The molecule has 2 aromatic rings. The molecule has 2 N–H and O–H groups in total. The average molecular weight is 272 g/mol. The molecule has 0 amide bonds. The number of hydrogen-bond donors (Lipinski definition) is 1. The van der Waals surface area contributed by atoms with Crippen molar-refractivity contribution in [2.45, 2.75) is 53.1 Å². The summed E-state index contributed by atoms with van der Waals surface area (Å²) >= 11 is 0. The van der Waals surface area contributed by atoms with E-state index < -0.39 is 0 Å². The maximum Gasteiger partial charge on any atom is 0.0677 e. The lowest BCUT2D eigenvalue weighted by atomic mass is 10.0. The fourth-order valence-electron chi connectivity index (χ4n) is 2.47. The van der Waals surface area contributed by atoms with E-state index in [2.05, 4.69) is 48.5 Å². The molecule has 2 rings (SSSR count). The van der Waals surface area contributed by atoms with E-state index in [1.54, 1.807) is 0 Å². The van der Waals surface area contributed by atoms with E-state index in [0.717, 1.165) is 25.1 Å². The number of rotatable bonds is 5. The van der Waals surface area contributed by atoms with Crippen LogP contribution in [0.3, 0.4) is 0 Å².